The molecule has 0 aliphatic carbocycles. The lowest BCUT2D eigenvalue weighted by Crippen LogP contribution is -1.75. The summed E-state index contributed by atoms with van der Waals surface area (Å²) in [6.45, 7) is 0. The molecule has 30 valence electrons. The highest BCUT2D eigenvalue weighted by Gasteiger charge is 1.81. The molecule has 0 aromatic heterocycles. The van der Waals surface area contributed by atoms with Crippen LogP contribution in [-0.4, -0.2) is 16.7 Å². The third-order valence-electron chi connectivity index (χ3n) is 0.175. The Hall–Kier alpha value is -0.180. The molecular formula is C2H4O2S. The van der Waals surface area contributed by atoms with Crippen molar-refractivity contribution in [2.45, 2.75) is 0 Å². The Labute approximate surface area is 34.2 Å². The maximum Gasteiger partial charge on any atom is 0.364 e. The van der Waals surface area contributed by atoms with Crippen molar-refractivity contribution >= 4 is 17.1 Å². The molecule has 5 heavy (non-hydrogen) atoms. The molecule has 0 rings (SSSR count). The molecule has 0 spiro atoms. The number of carbonyl (C=O) groups is 1. The zero-order valence-corrected chi connectivity index (χ0v) is 3.58. The maximum absolute atomic E-state index is 9.33. The molecule has 0 amide bonds. The van der Waals surface area contributed by atoms with Crippen molar-refractivity contribution in [1.29, 1.82) is 0 Å². The number of thioether (sulfide) groups is 1. The summed E-state index contributed by atoms with van der Waals surface area (Å²) in [5, 5.41) is 6.86. The van der Waals surface area contributed by atoms with Crippen LogP contribution in [0.5, 0.6) is 0 Å². The minimum Gasteiger partial charge on any atom is -0.473 e. The Bertz CT molecular complexity index is 42.9. The second-order valence-electron chi connectivity index (χ2n) is 0.470. The number of hydrogen-bond acceptors (Lipinski definition) is 2. The van der Waals surface area contributed by atoms with Crippen molar-refractivity contribution in [1.82, 2.24) is 0 Å². The average molecular weight is 92.1 g/mol. The molecule has 3 heteroatoms. The lowest BCUT2D eigenvalue weighted by molar-refractivity contribution is 0.222. The monoisotopic (exact) mass is 92.0 g/mol. The van der Waals surface area contributed by atoms with Gasteiger partial charge in [-0.05, 0) is 18.0 Å². The minimum atomic E-state index is -0.829. The SMILES string of the molecule is CSC(=O)O. The van der Waals surface area contributed by atoms with Gasteiger partial charge in [0.05, 0.1) is 0 Å². The Balaban J connectivity index is 2.85. The highest BCUT2D eigenvalue weighted by Crippen LogP contribution is 1.88. The molecule has 0 aromatic rings. The van der Waals surface area contributed by atoms with Gasteiger partial charge in [0.15, 0.2) is 0 Å². The van der Waals surface area contributed by atoms with Crippen LogP contribution in [-0.2, 0) is 0 Å². The van der Waals surface area contributed by atoms with Crippen LogP contribution in [0.25, 0.3) is 0 Å². The fourth-order valence-corrected chi connectivity index (χ4v) is 0. The minimum absolute atomic E-state index is 0.796. The number of rotatable bonds is 0. The van der Waals surface area contributed by atoms with Crippen LogP contribution in [0.3, 0.4) is 0 Å². The van der Waals surface area contributed by atoms with E-state index in [1.165, 1.54) is 6.26 Å². The van der Waals surface area contributed by atoms with E-state index in [-0.39, 0.29) is 0 Å². The lowest BCUT2D eigenvalue weighted by Gasteiger charge is -1.71. The van der Waals surface area contributed by atoms with E-state index < -0.39 is 5.30 Å². The second kappa shape index (κ2) is 2.08. The van der Waals surface area contributed by atoms with Gasteiger partial charge in [-0.1, -0.05) is 0 Å². The molecule has 0 aromatic carbocycles. The standard InChI is InChI=1S/C2H4O2S/c1-5-2(3)4/h1H3,(H,3,4). The van der Waals surface area contributed by atoms with Crippen molar-refractivity contribution in [3.63, 3.8) is 0 Å². The molecule has 0 aliphatic rings. The fraction of sp³-hybridized carbons (Fsp3) is 0.500. The van der Waals surface area contributed by atoms with E-state index in [4.69, 9.17) is 5.11 Å². The Morgan fingerprint density at radius 3 is 2.20 bits per heavy atom. The fourth-order valence-electron chi connectivity index (χ4n) is 0. The topological polar surface area (TPSA) is 37.3 Å². The van der Waals surface area contributed by atoms with Gasteiger partial charge in [-0.3, -0.25) is 0 Å². The molecule has 1 N–H and O–H groups in total. The molecule has 0 fully saturated rings. The van der Waals surface area contributed by atoms with Crippen LogP contribution < -0.4 is 0 Å². The van der Waals surface area contributed by atoms with Gasteiger partial charge in [0.2, 0.25) is 0 Å². The second-order valence-corrected chi connectivity index (χ2v) is 1.23. The zero-order valence-electron chi connectivity index (χ0n) is 2.76. The summed E-state index contributed by atoms with van der Waals surface area (Å²) >= 11 is 0.796. The van der Waals surface area contributed by atoms with E-state index in [2.05, 4.69) is 0 Å². The van der Waals surface area contributed by atoms with Crippen molar-refractivity contribution in [3.8, 4) is 0 Å². The highest BCUT2D eigenvalue weighted by atomic mass is 32.2. The first-order valence-corrected chi connectivity index (χ1v) is 2.26. The molecular weight excluding hydrogens is 88.1 g/mol. The molecule has 0 aliphatic heterocycles. The lowest BCUT2D eigenvalue weighted by atomic mass is 11.6. The molecule has 0 saturated heterocycles. The van der Waals surface area contributed by atoms with E-state index in [1.54, 1.807) is 0 Å². The first-order valence-electron chi connectivity index (χ1n) is 1.04. The van der Waals surface area contributed by atoms with Crippen LogP contribution in [0.1, 0.15) is 0 Å². The van der Waals surface area contributed by atoms with Gasteiger partial charge in [0.1, 0.15) is 0 Å². The van der Waals surface area contributed by atoms with Crippen LogP contribution in [0.2, 0.25) is 0 Å². The van der Waals surface area contributed by atoms with Gasteiger partial charge in [-0.2, -0.15) is 0 Å². The van der Waals surface area contributed by atoms with E-state index in [0.717, 1.165) is 11.8 Å². The first-order chi connectivity index (χ1) is 2.27. The van der Waals surface area contributed by atoms with E-state index in [9.17, 15) is 4.79 Å². The predicted molar refractivity (Wildman–Crippen MR) is 21.5 cm³/mol. The predicted octanol–water partition coefficient (Wildman–Crippen LogP) is 1.03. The summed E-state index contributed by atoms with van der Waals surface area (Å²) in [4.78, 5) is 9.33. The van der Waals surface area contributed by atoms with Gasteiger partial charge >= 0.3 is 5.30 Å². The van der Waals surface area contributed by atoms with E-state index in [1.807, 2.05) is 0 Å². The Morgan fingerprint density at radius 1 is 2.00 bits per heavy atom. The van der Waals surface area contributed by atoms with E-state index >= 15 is 0 Å². The quantitative estimate of drug-likeness (QED) is 0.484. The zero-order chi connectivity index (χ0) is 4.28. The largest absolute Gasteiger partial charge is 0.473 e. The normalized spacial score (nSPS) is 7.40. The van der Waals surface area contributed by atoms with Crippen LogP contribution >= 0.6 is 11.8 Å². The van der Waals surface area contributed by atoms with Crippen molar-refractivity contribution < 1.29 is 9.90 Å². The molecule has 2 nitrogen and oxygen atoms in total. The van der Waals surface area contributed by atoms with Crippen LogP contribution in [0.4, 0.5) is 4.79 Å². The molecule has 0 unspecified atom stereocenters. The summed E-state index contributed by atoms with van der Waals surface area (Å²) in [6.07, 6.45) is 1.52. The average Bonchev–Trinajstić information content (AvgIpc) is 1.38. The van der Waals surface area contributed by atoms with Gasteiger partial charge in [0.25, 0.3) is 0 Å². The van der Waals surface area contributed by atoms with Crippen molar-refractivity contribution in [3.05, 3.63) is 0 Å². The molecule has 0 atom stereocenters. The summed E-state index contributed by atoms with van der Waals surface area (Å²) < 4.78 is 0. The first kappa shape index (κ1) is 4.82. The summed E-state index contributed by atoms with van der Waals surface area (Å²) in [5.74, 6) is 0. The smallest absolute Gasteiger partial charge is 0.364 e. The summed E-state index contributed by atoms with van der Waals surface area (Å²) in [6, 6.07) is 0. The molecule has 0 bridgehead atoms. The summed E-state index contributed by atoms with van der Waals surface area (Å²) in [7, 11) is 0. The number of carboxylic acid groups (broad SMARTS) is 1. The third kappa shape index (κ3) is 3.82. The Morgan fingerprint density at radius 2 is 2.20 bits per heavy atom. The van der Waals surface area contributed by atoms with Crippen molar-refractivity contribution in [2.75, 3.05) is 6.26 Å². The van der Waals surface area contributed by atoms with Gasteiger partial charge in [-0.15, -0.1) is 0 Å². The maximum atomic E-state index is 9.33. The van der Waals surface area contributed by atoms with Gasteiger partial charge in [-0.25, -0.2) is 4.79 Å². The van der Waals surface area contributed by atoms with Crippen molar-refractivity contribution in [2.24, 2.45) is 0 Å². The van der Waals surface area contributed by atoms with Gasteiger partial charge < -0.3 is 5.11 Å². The molecule has 0 radical (unpaired) electrons. The van der Waals surface area contributed by atoms with E-state index in [0.29, 0.717) is 0 Å². The molecule has 0 heterocycles. The van der Waals surface area contributed by atoms with Crippen LogP contribution in [0.15, 0.2) is 0 Å². The Kier molecular flexibility index (Phi) is 2.01. The highest BCUT2D eigenvalue weighted by molar-refractivity contribution is 8.12. The number of hydrogen-bond donors (Lipinski definition) is 1. The molecule has 0 saturated carbocycles. The third-order valence-corrected chi connectivity index (χ3v) is 0.524. The summed E-state index contributed by atoms with van der Waals surface area (Å²) in [5.41, 5.74) is 0. The van der Waals surface area contributed by atoms with Gasteiger partial charge in [0, 0.05) is 0 Å². The van der Waals surface area contributed by atoms with Crippen LogP contribution in [0, 0.1) is 0 Å².